The highest BCUT2D eigenvalue weighted by molar-refractivity contribution is 5.33. The Morgan fingerprint density at radius 2 is 1.53 bits per heavy atom. The van der Waals surface area contributed by atoms with Gasteiger partial charge in [0.1, 0.15) is 5.75 Å². The molecule has 0 aliphatic heterocycles. The number of methoxy groups -OCH3 is 1. The molecule has 0 radical (unpaired) electrons. The van der Waals surface area contributed by atoms with Gasteiger partial charge in [-0.2, -0.15) is 0 Å². The number of ether oxygens (including phenoxy) is 1. The predicted molar refractivity (Wildman–Crippen MR) is 129 cm³/mol. The van der Waals surface area contributed by atoms with E-state index in [2.05, 4.69) is 94.1 Å². The van der Waals surface area contributed by atoms with Crippen LogP contribution in [0.5, 0.6) is 5.75 Å². The van der Waals surface area contributed by atoms with Crippen LogP contribution in [-0.4, -0.2) is 43.6 Å². The Morgan fingerprint density at radius 3 is 2.17 bits per heavy atom. The molecule has 3 nitrogen and oxygen atoms in total. The first kappa shape index (κ1) is 24.4. The van der Waals surface area contributed by atoms with Gasteiger partial charge < -0.3 is 9.64 Å². The maximum absolute atomic E-state index is 5.66. The molecule has 1 atom stereocenters. The van der Waals surface area contributed by atoms with E-state index in [1.807, 2.05) is 6.07 Å². The molecule has 2 rings (SSSR count). The Balaban J connectivity index is 2.33. The summed E-state index contributed by atoms with van der Waals surface area (Å²) in [5, 5.41) is 0. The average molecular weight is 411 g/mol. The first-order valence-electron chi connectivity index (χ1n) is 11.4. The summed E-state index contributed by atoms with van der Waals surface area (Å²) in [4.78, 5) is 4.96. The van der Waals surface area contributed by atoms with Gasteiger partial charge in [0.15, 0.2) is 0 Å². The van der Waals surface area contributed by atoms with Gasteiger partial charge in [-0.15, -0.1) is 0 Å². The van der Waals surface area contributed by atoms with Crippen molar-refractivity contribution in [3.05, 3.63) is 65.2 Å². The van der Waals surface area contributed by atoms with Crippen LogP contribution in [0.15, 0.2) is 48.5 Å². The Labute approximate surface area is 185 Å². The smallest absolute Gasteiger partial charge is 0.123 e. The zero-order valence-electron chi connectivity index (χ0n) is 20.2. The summed E-state index contributed by atoms with van der Waals surface area (Å²) in [6.07, 6.45) is 2.31. The monoisotopic (exact) mass is 410 g/mol. The van der Waals surface area contributed by atoms with Crippen molar-refractivity contribution < 1.29 is 4.74 Å². The molecule has 0 aromatic heterocycles. The molecule has 0 saturated heterocycles. The van der Waals surface area contributed by atoms with E-state index in [-0.39, 0.29) is 0 Å². The summed E-state index contributed by atoms with van der Waals surface area (Å²) in [7, 11) is 6.12. The molecule has 0 amide bonds. The molecule has 0 fully saturated rings. The molecular formula is C27H42N2O. The average Bonchev–Trinajstić information content (AvgIpc) is 2.66. The van der Waals surface area contributed by atoms with Crippen molar-refractivity contribution in [3.8, 4) is 5.75 Å². The molecule has 0 N–H and O–H groups in total. The highest BCUT2D eigenvalue weighted by Gasteiger charge is 2.22. The van der Waals surface area contributed by atoms with E-state index in [9.17, 15) is 0 Å². The van der Waals surface area contributed by atoms with Gasteiger partial charge in [-0.3, -0.25) is 4.90 Å². The summed E-state index contributed by atoms with van der Waals surface area (Å²) < 4.78 is 5.66. The van der Waals surface area contributed by atoms with E-state index in [0.29, 0.717) is 17.9 Å². The van der Waals surface area contributed by atoms with Gasteiger partial charge in [0.05, 0.1) is 7.11 Å². The lowest BCUT2D eigenvalue weighted by molar-refractivity contribution is 0.126. The second-order valence-electron chi connectivity index (χ2n) is 9.68. The first-order chi connectivity index (χ1) is 14.3. The van der Waals surface area contributed by atoms with E-state index in [0.717, 1.165) is 31.8 Å². The van der Waals surface area contributed by atoms with Gasteiger partial charge in [0.25, 0.3) is 0 Å². The Bertz CT molecular complexity index is 744. The largest absolute Gasteiger partial charge is 0.496 e. The molecule has 3 heteroatoms. The van der Waals surface area contributed by atoms with Crippen molar-refractivity contribution in [1.82, 2.24) is 9.80 Å². The second-order valence-corrected chi connectivity index (χ2v) is 9.68. The van der Waals surface area contributed by atoms with Crippen molar-refractivity contribution in [3.63, 3.8) is 0 Å². The normalized spacial score (nSPS) is 12.9. The summed E-state index contributed by atoms with van der Waals surface area (Å²) in [5.74, 6) is 2.30. The molecule has 0 unspecified atom stereocenters. The zero-order chi connectivity index (χ0) is 22.1. The maximum atomic E-state index is 5.66. The third kappa shape index (κ3) is 8.12. The Hall–Kier alpha value is -1.84. The van der Waals surface area contributed by atoms with Crippen LogP contribution in [0, 0.1) is 11.8 Å². The van der Waals surface area contributed by atoms with Crippen LogP contribution in [0.2, 0.25) is 0 Å². The molecule has 0 saturated carbocycles. The lowest BCUT2D eigenvalue weighted by Crippen LogP contribution is -2.42. The molecule has 0 heterocycles. The van der Waals surface area contributed by atoms with Gasteiger partial charge in [-0.05, 0) is 56.0 Å². The third-order valence-corrected chi connectivity index (χ3v) is 5.42. The summed E-state index contributed by atoms with van der Waals surface area (Å²) in [6, 6.07) is 18.1. The predicted octanol–water partition coefficient (Wildman–Crippen LogP) is 5.87. The lowest BCUT2D eigenvalue weighted by atomic mass is 9.98. The van der Waals surface area contributed by atoms with Gasteiger partial charge in [0, 0.05) is 31.2 Å². The SMILES string of the molecule is COc1ccccc1CN(Cc1cccc(CC(C)C)c1)[C@@H](CC(C)C)CN(C)C. The first-order valence-corrected chi connectivity index (χ1v) is 11.4. The number of hydrogen-bond donors (Lipinski definition) is 0. The minimum absolute atomic E-state index is 0.485. The van der Waals surface area contributed by atoms with E-state index >= 15 is 0 Å². The van der Waals surface area contributed by atoms with Crippen molar-refractivity contribution in [2.75, 3.05) is 27.7 Å². The number of nitrogens with zero attached hydrogens (tertiary/aromatic N) is 2. The van der Waals surface area contributed by atoms with E-state index in [1.165, 1.54) is 23.1 Å². The minimum Gasteiger partial charge on any atom is -0.496 e. The summed E-state index contributed by atoms with van der Waals surface area (Å²) >= 11 is 0. The zero-order valence-corrected chi connectivity index (χ0v) is 20.2. The lowest BCUT2D eigenvalue weighted by Gasteiger charge is -2.35. The van der Waals surface area contributed by atoms with Gasteiger partial charge in [-0.25, -0.2) is 0 Å². The third-order valence-electron chi connectivity index (χ3n) is 5.42. The van der Waals surface area contributed by atoms with Gasteiger partial charge in [0.2, 0.25) is 0 Å². The van der Waals surface area contributed by atoms with E-state index < -0.39 is 0 Å². The minimum atomic E-state index is 0.485. The number of hydrogen-bond acceptors (Lipinski definition) is 3. The summed E-state index contributed by atoms with van der Waals surface area (Å²) in [5.41, 5.74) is 4.09. The van der Waals surface area contributed by atoms with Crippen LogP contribution >= 0.6 is 0 Å². The molecule has 0 aliphatic carbocycles. The maximum Gasteiger partial charge on any atom is 0.123 e. The molecule has 166 valence electrons. The number of likely N-dealkylation sites (N-methyl/N-ethyl adjacent to an activating group) is 1. The van der Waals surface area contributed by atoms with Crippen LogP contribution in [-0.2, 0) is 19.5 Å². The molecule has 2 aromatic carbocycles. The Kier molecular flexibility index (Phi) is 9.87. The van der Waals surface area contributed by atoms with Gasteiger partial charge in [-0.1, -0.05) is 70.2 Å². The quantitative estimate of drug-likeness (QED) is 0.435. The molecular weight excluding hydrogens is 368 g/mol. The van der Waals surface area contributed by atoms with Gasteiger partial charge >= 0.3 is 0 Å². The molecule has 2 aromatic rings. The second kappa shape index (κ2) is 12.1. The van der Waals surface area contributed by atoms with Crippen molar-refractivity contribution in [2.45, 2.75) is 59.7 Å². The fourth-order valence-electron chi connectivity index (χ4n) is 4.23. The fourth-order valence-corrected chi connectivity index (χ4v) is 4.23. The van der Waals surface area contributed by atoms with Crippen LogP contribution in [0.3, 0.4) is 0 Å². The van der Waals surface area contributed by atoms with Crippen molar-refractivity contribution in [1.29, 1.82) is 0 Å². The number of para-hydroxylation sites is 1. The number of benzene rings is 2. The van der Waals surface area contributed by atoms with Crippen LogP contribution < -0.4 is 4.74 Å². The number of rotatable bonds is 12. The highest BCUT2D eigenvalue weighted by Crippen LogP contribution is 2.24. The van der Waals surface area contributed by atoms with E-state index in [4.69, 9.17) is 4.74 Å². The molecule has 30 heavy (non-hydrogen) atoms. The molecule has 0 spiro atoms. The van der Waals surface area contributed by atoms with Crippen LogP contribution in [0.1, 0.15) is 50.8 Å². The van der Waals surface area contributed by atoms with Crippen molar-refractivity contribution in [2.24, 2.45) is 11.8 Å². The van der Waals surface area contributed by atoms with E-state index in [1.54, 1.807) is 7.11 Å². The Morgan fingerprint density at radius 1 is 0.833 bits per heavy atom. The topological polar surface area (TPSA) is 15.7 Å². The molecule has 0 bridgehead atoms. The van der Waals surface area contributed by atoms with Crippen molar-refractivity contribution >= 4 is 0 Å². The molecule has 0 aliphatic rings. The van der Waals surface area contributed by atoms with Crippen LogP contribution in [0.4, 0.5) is 0 Å². The summed E-state index contributed by atoms with van der Waals surface area (Å²) in [6.45, 7) is 12.1. The van der Waals surface area contributed by atoms with Crippen LogP contribution in [0.25, 0.3) is 0 Å². The highest BCUT2D eigenvalue weighted by atomic mass is 16.5. The standard InChI is InChI=1S/C27H42N2O/c1-21(2)15-23-11-10-12-24(17-23)18-29(26(16-22(3)4)20-28(5)6)19-25-13-8-9-14-27(25)30-7/h8-14,17,21-22,26H,15-16,18-20H2,1-7H3/t26-/m0/s1. The fraction of sp³-hybridized carbons (Fsp3) is 0.556.